The fourth-order valence-corrected chi connectivity index (χ4v) is 1.79. The predicted molar refractivity (Wildman–Crippen MR) is 75.8 cm³/mol. The Kier molecular flexibility index (Phi) is 6.56. The number of benzene rings is 1. The number of rotatable bonds is 7. The fraction of sp³-hybridized carbons (Fsp3) is 0.467. The number of ether oxygens (including phenoxy) is 2. The lowest BCUT2D eigenvalue weighted by Crippen LogP contribution is -2.36. The second kappa shape index (κ2) is 8.19. The molecule has 1 aromatic carbocycles. The Bertz CT molecular complexity index is 442. The summed E-state index contributed by atoms with van der Waals surface area (Å²) in [5, 5.41) is 0. The molecule has 5 heteroatoms. The number of esters is 1. The van der Waals surface area contributed by atoms with E-state index in [1.54, 1.807) is 24.3 Å². The molecule has 0 fully saturated rings. The van der Waals surface area contributed by atoms with Crippen LogP contribution in [0, 0.1) is 0 Å². The van der Waals surface area contributed by atoms with Crippen LogP contribution in [-0.2, 0) is 9.53 Å². The van der Waals surface area contributed by atoms with E-state index in [1.165, 1.54) is 12.0 Å². The highest BCUT2D eigenvalue weighted by atomic mass is 16.5. The minimum absolute atomic E-state index is 0.0314. The van der Waals surface area contributed by atoms with Crippen LogP contribution in [0.15, 0.2) is 24.3 Å². The van der Waals surface area contributed by atoms with E-state index in [4.69, 9.17) is 4.74 Å². The lowest BCUT2D eigenvalue weighted by Gasteiger charge is -2.20. The van der Waals surface area contributed by atoms with Crippen molar-refractivity contribution in [3.05, 3.63) is 29.8 Å². The summed E-state index contributed by atoms with van der Waals surface area (Å²) in [6, 6.07) is 6.90. The first kappa shape index (κ1) is 16.0. The van der Waals surface area contributed by atoms with E-state index in [2.05, 4.69) is 4.74 Å². The number of carbonyl (C=O) groups is 2. The Morgan fingerprint density at radius 2 is 1.80 bits per heavy atom. The van der Waals surface area contributed by atoms with Gasteiger partial charge < -0.3 is 14.4 Å². The molecule has 110 valence electrons. The van der Waals surface area contributed by atoms with E-state index in [9.17, 15) is 9.59 Å². The maximum Gasteiger partial charge on any atom is 0.325 e. The molecular weight excluding hydrogens is 258 g/mol. The number of nitrogens with zero attached hydrogens (tertiary/aromatic N) is 1. The summed E-state index contributed by atoms with van der Waals surface area (Å²) in [6.45, 7) is 4.92. The van der Waals surface area contributed by atoms with Crippen molar-refractivity contribution in [1.82, 2.24) is 4.90 Å². The molecule has 0 atom stereocenters. The summed E-state index contributed by atoms with van der Waals surface area (Å²) in [5.41, 5.74) is 0.533. The largest absolute Gasteiger partial charge is 0.494 e. The van der Waals surface area contributed by atoms with E-state index in [1.807, 2.05) is 13.8 Å². The molecule has 0 spiro atoms. The Hall–Kier alpha value is -2.04. The van der Waals surface area contributed by atoms with Gasteiger partial charge >= 0.3 is 5.97 Å². The van der Waals surface area contributed by atoms with Crippen molar-refractivity contribution >= 4 is 11.9 Å². The highest BCUT2D eigenvalue weighted by Crippen LogP contribution is 2.14. The molecule has 0 radical (unpaired) electrons. The van der Waals surface area contributed by atoms with E-state index >= 15 is 0 Å². The average molecular weight is 279 g/mol. The summed E-state index contributed by atoms with van der Waals surface area (Å²) < 4.78 is 9.94. The van der Waals surface area contributed by atoms with Gasteiger partial charge in [0.1, 0.15) is 12.3 Å². The van der Waals surface area contributed by atoms with Gasteiger partial charge in [0.25, 0.3) is 5.91 Å². The standard InChI is InChI=1S/C15H21NO4/c1-4-10-16(11-14(17)19-3)15(18)12-6-8-13(9-7-12)20-5-2/h6-9H,4-5,10-11H2,1-3H3. The van der Waals surface area contributed by atoms with Gasteiger partial charge in [0.05, 0.1) is 13.7 Å². The molecule has 0 unspecified atom stereocenters. The quantitative estimate of drug-likeness (QED) is 0.717. The maximum absolute atomic E-state index is 12.3. The molecule has 5 nitrogen and oxygen atoms in total. The van der Waals surface area contributed by atoms with Crippen LogP contribution in [0.25, 0.3) is 0 Å². The maximum atomic E-state index is 12.3. The molecule has 0 aliphatic heterocycles. The molecule has 20 heavy (non-hydrogen) atoms. The van der Waals surface area contributed by atoms with Crippen LogP contribution < -0.4 is 4.74 Å². The molecule has 0 aromatic heterocycles. The summed E-state index contributed by atoms with van der Waals surface area (Å²) >= 11 is 0. The van der Waals surface area contributed by atoms with Crippen LogP contribution in [0.2, 0.25) is 0 Å². The number of methoxy groups -OCH3 is 1. The van der Waals surface area contributed by atoms with Crippen LogP contribution in [-0.4, -0.2) is 43.6 Å². The Morgan fingerprint density at radius 1 is 1.15 bits per heavy atom. The van der Waals surface area contributed by atoms with E-state index in [0.717, 1.165) is 12.2 Å². The summed E-state index contributed by atoms with van der Waals surface area (Å²) in [7, 11) is 1.31. The van der Waals surface area contributed by atoms with Crippen molar-refractivity contribution in [3.63, 3.8) is 0 Å². The van der Waals surface area contributed by atoms with Crippen LogP contribution >= 0.6 is 0 Å². The fourth-order valence-electron chi connectivity index (χ4n) is 1.79. The molecule has 0 aliphatic rings. The lowest BCUT2D eigenvalue weighted by atomic mass is 10.2. The zero-order valence-corrected chi connectivity index (χ0v) is 12.2. The highest BCUT2D eigenvalue weighted by Gasteiger charge is 2.18. The molecule has 0 heterocycles. The predicted octanol–water partition coefficient (Wildman–Crippen LogP) is 2.11. The minimum Gasteiger partial charge on any atom is -0.494 e. The monoisotopic (exact) mass is 279 g/mol. The smallest absolute Gasteiger partial charge is 0.325 e. The number of carbonyl (C=O) groups excluding carboxylic acids is 2. The first-order chi connectivity index (χ1) is 9.62. The summed E-state index contributed by atoms with van der Waals surface area (Å²) in [4.78, 5) is 25.2. The first-order valence-corrected chi connectivity index (χ1v) is 6.71. The van der Waals surface area contributed by atoms with Crippen LogP contribution in [0.5, 0.6) is 5.75 Å². The van der Waals surface area contributed by atoms with Gasteiger partial charge in [0.15, 0.2) is 0 Å². The Morgan fingerprint density at radius 3 is 2.30 bits per heavy atom. The van der Waals surface area contributed by atoms with E-state index in [-0.39, 0.29) is 12.5 Å². The molecule has 1 aromatic rings. The summed E-state index contributed by atoms with van der Waals surface area (Å²) in [5.74, 6) is 0.122. The van der Waals surface area contributed by atoms with Crippen molar-refractivity contribution in [1.29, 1.82) is 0 Å². The van der Waals surface area contributed by atoms with Crippen LogP contribution in [0.4, 0.5) is 0 Å². The third kappa shape index (κ3) is 4.57. The SMILES string of the molecule is CCCN(CC(=O)OC)C(=O)c1ccc(OCC)cc1. The Labute approximate surface area is 119 Å². The van der Waals surface area contributed by atoms with E-state index < -0.39 is 5.97 Å². The van der Waals surface area contributed by atoms with Crippen molar-refractivity contribution in [2.45, 2.75) is 20.3 Å². The van der Waals surface area contributed by atoms with Crippen molar-refractivity contribution in [3.8, 4) is 5.75 Å². The van der Waals surface area contributed by atoms with Gasteiger partial charge in [-0.25, -0.2) is 0 Å². The Balaban J connectivity index is 2.79. The third-order valence-corrected chi connectivity index (χ3v) is 2.74. The minimum atomic E-state index is -0.419. The van der Waals surface area contributed by atoms with Gasteiger partial charge in [-0.3, -0.25) is 9.59 Å². The number of hydrogen-bond donors (Lipinski definition) is 0. The molecule has 0 saturated heterocycles. The first-order valence-electron chi connectivity index (χ1n) is 6.71. The molecule has 0 N–H and O–H groups in total. The zero-order valence-electron chi connectivity index (χ0n) is 12.2. The van der Waals surface area contributed by atoms with Gasteiger partial charge in [-0.2, -0.15) is 0 Å². The topological polar surface area (TPSA) is 55.8 Å². The zero-order chi connectivity index (χ0) is 15.0. The van der Waals surface area contributed by atoms with Gasteiger partial charge in [0.2, 0.25) is 0 Å². The van der Waals surface area contributed by atoms with Crippen molar-refractivity contribution in [2.24, 2.45) is 0 Å². The van der Waals surface area contributed by atoms with Gasteiger partial charge in [-0.15, -0.1) is 0 Å². The lowest BCUT2D eigenvalue weighted by molar-refractivity contribution is -0.141. The second-order valence-electron chi connectivity index (χ2n) is 4.26. The third-order valence-electron chi connectivity index (χ3n) is 2.74. The number of amides is 1. The van der Waals surface area contributed by atoms with Crippen LogP contribution in [0.3, 0.4) is 0 Å². The molecule has 1 rings (SSSR count). The average Bonchev–Trinajstić information content (AvgIpc) is 2.47. The molecular formula is C15H21NO4. The molecule has 0 bridgehead atoms. The molecule has 0 aliphatic carbocycles. The van der Waals surface area contributed by atoms with E-state index in [0.29, 0.717) is 18.7 Å². The second-order valence-corrected chi connectivity index (χ2v) is 4.26. The highest BCUT2D eigenvalue weighted by molar-refractivity contribution is 5.96. The summed E-state index contributed by atoms with van der Waals surface area (Å²) in [6.07, 6.45) is 0.778. The van der Waals surface area contributed by atoms with Crippen molar-refractivity contribution in [2.75, 3.05) is 26.8 Å². The van der Waals surface area contributed by atoms with Gasteiger partial charge in [0, 0.05) is 12.1 Å². The normalized spacial score (nSPS) is 9.95. The molecule has 1 amide bonds. The van der Waals surface area contributed by atoms with Crippen molar-refractivity contribution < 1.29 is 19.1 Å². The number of hydrogen-bond acceptors (Lipinski definition) is 4. The van der Waals surface area contributed by atoms with Gasteiger partial charge in [-0.1, -0.05) is 6.92 Å². The molecule has 0 saturated carbocycles. The van der Waals surface area contributed by atoms with Gasteiger partial charge in [-0.05, 0) is 37.6 Å². The van der Waals surface area contributed by atoms with Crippen LogP contribution in [0.1, 0.15) is 30.6 Å².